The van der Waals surface area contributed by atoms with Gasteiger partial charge in [-0.3, -0.25) is 10.1 Å². The first-order chi connectivity index (χ1) is 12.2. The van der Waals surface area contributed by atoms with Gasteiger partial charge in [0.1, 0.15) is 17.7 Å². The molecule has 0 aromatic heterocycles. The highest BCUT2D eigenvalue weighted by Gasteiger charge is 2.28. The number of nitro benzene ring substituents is 1. The number of anilines is 1. The van der Waals surface area contributed by atoms with Gasteiger partial charge in [0, 0.05) is 15.7 Å². The average Bonchev–Trinajstić information content (AvgIpc) is 2.56. The Morgan fingerprint density at radius 3 is 2.54 bits per heavy atom. The zero-order chi connectivity index (χ0) is 19.4. The van der Waals surface area contributed by atoms with Crippen molar-refractivity contribution in [1.82, 2.24) is 0 Å². The largest absolute Gasteiger partial charge is 0.455 e. The van der Waals surface area contributed by atoms with Crippen LogP contribution in [0.2, 0.25) is 0 Å². The predicted molar refractivity (Wildman–Crippen MR) is 97.9 cm³/mol. The van der Waals surface area contributed by atoms with Gasteiger partial charge in [-0.25, -0.2) is 8.78 Å². The highest BCUT2D eigenvalue weighted by Crippen LogP contribution is 2.29. The number of nitro groups is 1. The molecule has 7 nitrogen and oxygen atoms in total. The van der Waals surface area contributed by atoms with E-state index in [-0.39, 0.29) is 5.69 Å². The summed E-state index contributed by atoms with van der Waals surface area (Å²) in [5.74, 6) is -1.89. The smallest absolute Gasteiger partial charge is 0.311 e. The topological polar surface area (TPSA) is 105 Å². The van der Waals surface area contributed by atoms with Gasteiger partial charge >= 0.3 is 5.69 Å². The molecule has 3 unspecified atom stereocenters. The molecule has 2 aromatic carbocycles. The van der Waals surface area contributed by atoms with Crippen LogP contribution in [0.4, 0.5) is 20.2 Å². The Kier molecular flexibility index (Phi) is 6.67. The molecule has 26 heavy (non-hydrogen) atoms. The second kappa shape index (κ2) is 8.56. The summed E-state index contributed by atoms with van der Waals surface area (Å²) in [5, 5.41) is 33.7. The summed E-state index contributed by atoms with van der Waals surface area (Å²) < 4.78 is 32.8. The van der Waals surface area contributed by atoms with Crippen LogP contribution in [0.5, 0.6) is 5.75 Å². The van der Waals surface area contributed by atoms with Gasteiger partial charge < -0.3 is 20.3 Å². The summed E-state index contributed by atoms with van der Waals surface area (Å²) in [4.78, 5) is 10.1. The average molecular weight is 480 g/mol. The lowest BCUT2D eigenvalue weighted by atomic mass is 10.1. The maximum absolute atomic E-state index is 13.8. The van der Waals surface area contributed by atoms with Crippen molar-refractivity contribution in [3.05, 3.63) is 61.7 Å². The van der Waals surface area contributed by atoms with E-state index >= 15 is 0 Å². The lowest BCUT2D eigenvalue weighted by Crippen LogP contribution is -2.43. The van der Waals surface area contributed by atoms with E-state index in [0.717, 1.165) is 18.2 Å². The van der Waals surface area contributed by atoms with Crippen LogP contribution >= 0.6 is 22.6 Å². The van der Waals surface area contributed by atoms with Gasteiger partial charge in [0.2, 0.25) is 12.0 Å². The third kappa shape index (κ3) is 4.99. The standard InChI is InChI=1S/C16H15F2IN2O5/c1-8(20-12-4-3-10(19)7-11(12)18)15(22)16(23)26-14-6-9(17)2-5-13(14)21(24)25/h2-8,15-16,20,22-23H,1H3. The molecule has 0 aliphatic heterocycles. The lowest BCUT2D eigenvalue weighted by Gasteiger charge is -2.26. The minimum atomic E-state index is -1.91. The molecule has 0 radical (unpaired) electrons. The molecular weight excluding hydrogens is 465 g/mol. The zero-order valence-electron chi connectivity index (χ0n) is 13.4. The van der Waals surface area contributed by atoms with Gasteiger partial charge in [-0.2, -0.15) is 0 Å². The van der Waals surface area contributed by atoms with E-state index in [9.17, 15) is 29.1 Å². The van der Waals surface area contributed by atoms with Crippen molar-refractivity contribution in [2.45, 2.75) is 25.4 Å². The molecule has 0 saturated carbocycles. The monoisotopic (exact) mass is 480 g/mol. The lowest BCUT2D eigenvalue weighted by molar-refractivity contribution is -0.386. The van der Waals surface area contributed by atoms with Crippen LogP contribution in [0.25, 0.3) is 0 Å². The van der Waals surface area contributed by atoms with Crippen LogP contribution in [-0.2, 0) is 0 Å². The molecule has 0 aliphatic rings. The highest BCUT2D eigenvalue weighted by atomic mass is 127. The first-order valence-electron chi connectivity index (χ1n) is 7.37. The molecule has 0 heterocycles. The van der Waals surface area contributed by atoms with Gasteiger partial charge in [0.25, 0.3) is 0 Å². The van der Waals surface area contributed by atoms with E-state index in [1.807, 2.05) is 22.6 Å². The molecule has 3 N–H and O–H groups in total. The molecule has 0 bridgehead atoms. The molecule has 0 amide bonds. The van der Waals surface area contributed by atoms with Gasteiger partial charge in [-0.1, -0.05) is 0 Å². The first-order valence-corrected chi connectivity index (χ1v) is 8.45. The van der Waals surface area contributed by atoms with E-state index < -0.39 is 46.4 Å². The fraction of sp³-hybridized carbons (Fsp3) is 0.250. The van der Waals surface area contributed by atoms with Crippen molar-refractivity contribution in [2.75, 3.05) is 5.32 Å². The molecule has 0 aliphatic carbocycles. The Labute approximate surface area is 160 Å². The van der Waals surface area contributed by atoms with Gasteiger partial charge in [0.05, 0.1) is 16.7 Å². The fourth-order valence-electron chi connectivity index (χ4n) is 2.12. The van der Waals surface area contributed by atoms with Gasteiger partial charge in [-0.15, -0.1) is 0 Å². The molecule has 2 rings (SSSR count). The molecule has 0 fully saturated rings. The molecule has 10 heteroatoms. The SMILES string of the molecule is CC(Nc1ccc(I)cc1F)C(O)C(O)Oc1cc(F)ccc1[N+](=O)[O-]. The summed E-state index contributed by atoms with van der Waals surface area (Å²) in [6, 6.07) is 5.99. The van der Waals surface area contributed by atoms with Crippen molar-refractivity contribution in [3.8, 4) is 5.75 Å². The molecule has 2 aromatic rings. The second-order valence-electron chi connectivity index (χ2n) is 5.43. The summed E-state index contributed by atoms with van der Waals surface area (Å²) in [5.41, 5.74) is -0.470. The van der Waals surface area contributed by atoms with E-state index in [0.29, 0.717) is 3.57 Å². The Hall–Kier alpha value is -2.05. The van der Waals surface area contributed by atoms with Crippen LogP contribution in [0.15, 0.2) is 36.4 Å². The Morgan fingerprint density at radius 2 is 1.92 bits per heavy atom. The number of nitrogens with zero attached hydrogens (tertiary/aromatic N) is 1. The predicted octanol–water partition coefficient (Wildman–Crippen LogP) is 3.04. The van der Waals surface area contributed by atoms with Crippen molar-refractivity contribution in [1.29, 1.82) is 0 Å². The van der Waals surface area contributed by atoms with E-state index in [4.69, 9.17) is 4.74 Å². The Balaban J connectivity index is 2.10. The number of rotatable bonds is 7. The summed E-state index contributed by atoms with van der Waals surface area (Å²) >= 11 is 1.94. The van der Waals surface area contributed by atoms with E-state index in [2.05, 4.69) is 5.32 Å². The quantitative estimate of drug-likeness (QED) is 0.244. The molecule has 0 spiro atoms. The molecule has 140 valence electrons. The van der Waals surface area contributed by atoms with Crippen LogP contribution in [0.1, 0.15) is 6.92 Å². The molecule has 3 atom stereocenters. The van der Waals surface area contributed by atoms with E-state index in [1.54, 1.807) is 6.07 Å². The minimum Gasteiger partial charge on any atom is -0.455 e. The number of nitrogens with one attached hydrogen (secondary N) is 1. The number of aliphatic hydroxyl groups is 2. The number of aliphatic hydroxyl groups excluding tert-OH is 2. The number of hydrogen-bond acceptors (Lipinski definition) is 6. The third-order valence-corrected chi connectivity index (χ3v) is 4.16. The number of ether oxygens (including phenoxy) is 1. The Morgan fingerprint density at radius 1 is 1.23 bits per heavy atom. The van der Waals surface area contributed by atoms with Gasteiger partial charge in [-0.05, 0) is 53.8 Å². The normalized spacial score (nSPS) is 14.4. The minimum absolute atomic E-state index is 0.0981. The number of halogens is 3. The Bertz CT molecular complexity index is 808. The van der Waals surface area contributed by atoms with Gasteiger partial charge in [0.15, 0.2) is 0 Å². The van der Waals surface area contributed by atoms with Crippen molar-refractivity contribution in [2.24, 2.45) is 0 Å². The highest BCUT2D eigenvalue weighted by molar-refractivity contribution is 14.1. The summed E-state index contributed by atoms with van der Waals surface area (Å²) in [6.07, 6.45) is -3.50. The summed E-state index contributed by atoms with van der Waals surface area (Å²) in [7, 11) is 0. The van der Waals surface area contributed by atoms with Crippen molar-refractivity contribution >= 4 is 34.0 Å². The fourth-order valence-corrected chi connectivity index (χ4v) is 2.57. The van der Waals surface area contributed by atoms with Crippen LogP contribution in [-0.4, -0.2) is 33.6 Å². The second-order valence-corrected chi connectivity index (χ2v) is 6.67. The molecule has 0 saturated heterocycles. The van der Waals surface area contributed by atoms with E-state index in [1.165, 1.54) is 19.1 Å². The van der Waals surface area contributed by atoms with Crippen LogP contribution in [0.3, 0.4) is 0 Å². The third-order valence-electron chi connectivity index (χ3n) is 3.49. The van der Waals surface area contributed by atoms with Crippen molar-refractivity contribution in [3.63, 3.8) is 0 Å². The summed E-state index contributed by atoms with van der Waals surface area (Å²) in [6.45, 7) is 1.45. The number of benzene rings is 2. The van der Waals surface area contributed by atoms with Crippen LogP contribution in [0, 0.1) is 25.3 Å². The number of hydrogen-bond donors (Lipinski definition) is 3. The molecular formula is C16H15F2IN2O5. The zero-order valence-corrected chi connectivity index (χ0v) is 15.6. The maximum Gasteiger partial charge on any atom is 0.311 e. The first kappa shape index (κ1) is 20.3. The maximum atomic E-state index is 13.8. The van der Waals surface area contributed by atoms with Crippen LogP contribution < -0.4 is 10.1 Å². The van der Waals surface area contributed by atoms with Crippen molar-refractivity contribution < 1.29 is 28.7 Å².